The van der Waals surface area contributed by atoms with Crippen molar-refractivity contribution in [3.05, 3.63) is 66.2 Å². The predicted octanol–water partition coefficient (Wildman–Crippen LogP) is 2.72. The third-order valence-electron chi connectivity index (χ3n) is 4.30. The van der Waals surface area contributed by atoms with Gasteiger partial charge in [-0.2, -0.15) is 0 Å². The van der Waals surface area contributed by atoms with E-state index in [2.05, 4.69) is 22.8 Å². The average molecular weight is 337 g/mol. The summed E-state index contributed by atoms with van der Waals surface area (Å²) >= 11 is 0. The van der Waals surface area contributed by atoms with Crippen LogP contribution in [-0.4, -0.2) is 31.1 Å². The quantitative estimate of drug-likeness (QED) is 0.796. The third kappa shape index (κ3) is 4.83. The van der Waals surface area contributed by atoms with Gasteiger partial charge in [0, 0.05) is 25.2 Å². The average Bonchev–Trinajstić information content (AvgIpc) is 3.00. The van der Waals surface area contributed by atoms with Gasteiger partial charge in [0.2, 0.25) is 5.91 Å². The number of nitrogens with one attached hydrogen (secondary N) is 2. The van der Waals surface area contributed by atoms with Crippen LogP contribution >= 0.6 is 0 Å². The lowest BCUT2D eigenvalue weighted by atomic mass is 10.1. The Balaban J connectivity index is 1.39. The zero-order valence-electron chi connectivity index (χ0n) is 14.2. The van der Waals surface area contributed by atoms with Gasteiger partial charge in [-0.15, -0.1) is 0 Å². The molecule has 3 rings (SSSR count). The molecule has 0 aliphatic carbocycles. The van der Waals surface area contributed by atoms with E-state index < -0.39 is 0 Å². The normalized spacial score (nSPS) is 16.7. The summed E-state index contributed by atoms with van der Waals surface area (Å²) < 4.78 is 0. The van der Waals surface area contributed by atoms with Crippen molar-refractivity contribution >= 4 is 17.6 Å². The second-order valence-corrected chi connectivity index (χ2v) is 6.23. The number of carbonyl (C=O) groups is 2. The summed E-state index contributed by atoms with van der Waals surface area (Å²) in [7, 11) is 0. The fraction of sp³-hybridized carbons (Fsp3) is 0.300. The summed E-state index contributed by atoms with van der Waals surface area (Å²) in [6.45, 7) is 1.13. The van der Waals surface area contributed by atoms with Gasteiger partial charge < -0.3 is 15.5 Å². The minimum atomic E-state index is -0.208. The molecule has 0 bridgehead atoms. The number of benzene rings is 2. The Morgan fingerprint density at radius 3 is 2.44 bits per heavy atom. The zero-order chi connectivity index (χ0) is 17.5. The van der Waals surface area contributed by atoms with Gasteiger partial charge in [-0.3, -0.25) is 4.79 Å². The van der Waals surface area contributed by atoms with Crippen LogP contribution in [0.3, 0.4) is 0 Å². The highest BCUT2D eigenvalue weighted by molar-refractivity contribution is 5.96. The first kappa shape index (κ1) is 17.0. The molecule has 0 aromatic heterocycles. The Labute approximate surface area is 148 Å². The van der Waals surface area contributed by atoms with E-state index >= 15 is 0 Å². The number of hydrogen-bond donors (Lipinski definition) is 2. The highest BCUT2D eigenvalue weighted by atomic mass is 16.2. The van der Waals surface area contributed by atoms with Crippen molar-refractivity contribution in [1.82, 2.24) is 10.6 Å². The lowest BCUT2D eigenvalue weighted by molar-refractivity contribution is -0.117. The van der Waals surface area contributed by atoms with Gasteiger partial charge in [-0.05, 0) is 30.5 Å². The van der Waals surface area contributed by atoms with Crippen LogP contribution in [0.5, 0.6) is 0 Å². The van der Waals surface area contributed by atoms with Gasteiger partial charge in [-0.1, -0.05) is 48.5 Å². The minimum Gasteiger partial charge on any atom is -0.338 e. The van der Waals surface area contributed by atoms with Gasteiger partial charge in [0.25, 0.3) is 0 Å². The summed E-state index contributed by atoms with van der Waals surface area (Å²) in [5.74, 6) is 0.0422. The molecule has 25 heavy (non-hydrogen) atoms. The Morgan fingerprint density at radius 2 is 1.72 bits per heavy atom. The van der Waals surface area contributed by atoms with E-state index in [1.165, 1.54) is 5.56 Å². The molecule has 2 N–H and O–H groups in total. The maximum absolute atomic E-state index is 12.1. The van der Waals surface area contributed by atoms with E-state index in [4.69, 9.17) is 0 Å². The van der Waals surface area contributed by atoms with Crippen LogP contribution in [0.25, 0.3) is 0 Å². The number of aryl methyl sites for hydroxylation is 1. The minimum absolute atomic E-state index is 0.0422. The summed E-state index contributed by atoms with van der Waals surface area (Å²) in [6, 6.07) is 19.4. The number of para-hydroxylation sites is 1. The van der Waals surface area contributed by atoms with E-state index in [9.17, 15) is 9.59 Å². The number of nitrogens with zero attached hydrogens (tertiary/aromatic N) is 1. The smallest absolute Gasteiger partial charge is 0.315 e. The van der Waals surface area contributed by atoms with Crippen LogP contribution in [0.4, 0.5) is 10.5 Å². The number of hydrogen-bond acceptors (Lipinski definition) is 2. The van der Waals surface area contributed by atoms with Crippen molar-refractivity contribution < 1.29 is 9.59 Å². The summed E-state index contributed by atoms with van der Waals surface area (Å²) in [4.78, 5) is 25.9. The van der Waals surface area contributed by atoms with Gasteiger partial charge in [0.05, 0.1) is 6.04 Å². The van der Waals surface area contributed by atoms with Crippen LogP contribution in [-0.2, 0) is 11.2 Å². The van der Waals surface area contributed by atoms with E-state index in [1.807, 2.05) is 48.5 Å². The molecule has 1 heterocycles. The number of anilines is 1. The Hall–Kier alpha value is -2.82. The first-order chi connectivity index (χ1) is 12.2. The first-order valence-electron chi connectivity index (χ1n) is 8.66. The molecule has 1 aliphatic heterocycles. The van der Waals surface area contributed by atoms with E-state index in [0.717, 1.165) is 18.5 Å². The zero-order valence-corrected chi connectivity index (χ0v) is 14.2. The SMILES string of the molecule is O=C(NCCCc1ccccc1)NC1CC(=O)N(c2ccccc2)C1. The Morgan fingerprint density at radius 1 is 1.04 bits per heavy atom. The molecule has 1 unspecified atom stereocenters. The van der Waals surface area contributed by atoms with Crippen molar-refractivity contribution in [3.63, 3.8) is 0 Å². The molecule has 1 aliphatic rings. The molecular weight excluding hydrogens is 314 g/mol. The molecule has 0 saturated carbocycles. The number of urea groups is 1. The highest BCUT2D eigenvalue weighted by Crippen LogP contribution is 2.20. The first-order valence-corrected chi connectivity index (χ1v) is 8.66. The largest absolute Gasteiger partial charge is 0.338 e. The number of rotatable bonds is 6. The Bertz CT molecular complexity index is 703. The second-order valence-electron chi connectivity index (χ2n) is 6.23. The molecule has 5 heteroatoms. The molecule has 0 radical (unpaired) electrons. The predicted molar refractivity (Wildman–Crippen MR) is 98.5 cm³/mol. The fourth-order valence-corrected chi connectivity index (χ4v) is 3.04. The van der Waals surface area contributed by atoms with Crippen molar-refractivity contribution in [3.8, 4) is 0 Å². The van der Waals surface area contributed by atoms with Gasteiger partial charge in [0.1, 0.15) is 0 Å². The van der Waals surface area contributed by atoms with Crippen LogP contribution in [0.2, 0.25) is 0 Å². The molecule has 1 saturated heterocycles. The maximum Gasteiger partial charge on any atom is 0.315 e. The monoisotopic (exact) mass is 337 g/mol. The molecule has 1 atom stereocenters. The third-order valence-corrected chi connectivity index (χ3v) is 4.30. The van der Waals surface area contributed by atoms with Crippen molar-refractivity contribution in [1.29, 1.82) is 0 Å². The standard InChI is InChI=1S/C20H23N3O2/c24-19-14-17(15-23(19)18-11-5-2-6-12-18)22-20(25)21-13-7-10-16-8-3-1-4-9-16/h1-6,8-9,11-12,17H,7,10,13-15H2,(H2,21,22,25). The van der Waals surface area contributed by atoms with E-state index in [-0.39, 0.29) is 18.0 Å². The highest BCUT2D eigenvalue weighted by Gasteiger charge is 2.31. The maximum atomic E-state index is 12.1. The summed E-state index contributed by atoms with van der Waals surface area (Å²) in [6.07, 6.45) is 2.16. The van der Waals surface area contributed by atoms with Crippen LogP contribution in [0.1, 0.15) is 18.4 Å². The lowest BCUT2D eigenvalue weighted by Gasteiger charge is -2.17. The molecule has 1 fully saturated rings. The van der Waals surface area contributed by atoms with Crippen molar-refractivity contribution in [2.45, 2.75) is 25.3 Å². The lowest BCUT2D eigenvalue weighted by Crippen LogP contribution is -2.43. The van der Waals surface area contributed by atoms with Crippen LogP contribution < -0.4 is 15.5 Å². The topological polar surface area (TPSA) is 61.4 Å². The molecular formula is C20H23N3O2. The number of amides is 3. The van der Waals surface area contributed by atoms with E-state index in [0.29, 0.717) is 19.5 Å². The van der Waals surface area contributed by atoms with Crippen LogP contribution in [0.15, 0.2) is 60.7 Å². The van der Waals surface area contributed by atoms with E-state index in [1.54, 1.807) is 4.90 Å². The molecule has 3 amide bonds. The molecule has 5 nitrogen and oxygen atoms in total. The fourth-order valence-electron chi connectivity index (χ4n) is 3.04. The number of carbonyl (C=O) groups excluding carboxylic acids is 2. The second kappa shape index (κ2) is 8.33. The molecule has 130 valence electrons. The summed E-state index contributed by atoms with van der Waals surface area (Å²) in [5.41, 5.74) is 2.14. The van der Waals surface area contributed by atoms with Gasteiger partial charge in [0.15, 0.2) is 0 Å². The van der Waals surface area contributed by atoms with Crippen LogP contribution in [0, 0.1) is 0 Å². The Kier molecular flexibility index (Phi) is 5.67. The van der Waals surface area contributed by atoms with Gasteiger partial charge in [-0.25, -0.2) is 4.79 Å². The van der Waals surface area contributed by atoms with Crippen molar-refractivity contribution in [2.75, 3.05) is 18.0 Å². The molecule has 2 aromatic carbocycles. The molecule has 0 spiro atoms. The van der Waals surface area contributed by atoms with Crippen molar-refractivity contribution in [2.24, 2.45) is 0 Å². The van der Waals surface area contributed by atoms with Gasteiger partial charge >= 0.3 is 6.03 Å². The molecule has 2 aromatic rings. The summed E-state index contributed by atoms with van der Waals surface area (Å²) in [5, 5.41) is 5.76.